The zero-order chi connectivity index (χ0) is 13.6. The Kier molecular flexibility index (Phi) is 6.61. The molecule has 1 aliphatic heterocycles. The van der Waals surface area contributed by atoms with Gasteiger partial charge in [-0.05, 0) is 53.2 Å². The number of likely N-dealkylation sites (N-methyl/N-ethyl adjacent to an activating group) is 1. The minimum Gasteiger partial charge on any atom is -0.311 e. The molecule has 1 atom stereocenters. The molecule has 1 rings (SSSR count). The molecule has 3 heteroatoms. The van der Waals surface area contributed by atoms with Crippen LogP contribution < -0.4 is 5.32 Å². The van der Waals surface area contributed by atoms with Crippen molar-refractivity contribution < 1.29 is 0 Å². The molecule has 0 aromatic rings. The molecule has 0 aliphatic carbocycles. The van der Waals surface area contributed by atoms with Crippen LogP contribution in [0.4, 0.5) is 0 Å². The van der Waals surface area contributed by atoms with Crippen molar-refractivity contribution in [2.24, 2.45) is 0 Å². The molecule has 0 aromatic carbocycles. The normalized spacial score (nSPS) is 24.2. The van der Waals surface area contributed by atoms with Crippen molar-refractivity contribution in [2.75, 3.05) is 39.8 Å². The van der Waals surface area contributed by atoms with Crippen molar-refractivity contribution in [2.45, 2.75) is 58.5 Å². The summed E-state index contributed by atoms with van der Waals surface area (Å²) in [6.07, 6.45) is 3.76. The first kappa shape index (κ1) is 15.9. The van der Waals surface area contributed by atoms with Gasteiger partial charge in [0, 0.05) is 31.2 Å². The highest BCUT2D eigenvalue weighted by Crippen LogP contribution is 2.12. The third kappa shape index (κ3) is 5.25. The number of hydrogen-bond donors (Lipinski definition) is 1. The van der Waals surface area contributed by atoms with Gasteiger partial charge in [-0.1, -0.05) is 13.8 Å². The number of rotatable bonds is 6. The predicted octanol–water partition coefficient (Wildman–Crippen LogP) is 2.18. The van der Waals surface area contributed by atoms with Crippen molar-refractivity contribution in [3.8, 4) is 0 Å². The summed E-state index contributed by atoms with van der Waals surface area (Å²) >= 11 is 0. The maximum atomic E-state index is 3.68. The average molecular weight is 255 g/mol. The highest BCUT2D eigenvalue weighted by Gasteiger charge is 2.22. The zero-order valence-corrected chi connectivity index (χ0v) is 13.1. The van der Waals surface area contributed by atoms with Crippen molar-refractivity contribution in [3.63, 3.8) is 0 Å². The van der Waals surface area contributed by atoms with Crippen LogP contribution in [0.1, 0.15) is 47.0 Å². The van der Waals surface area contributed by atoms with E-state index in [9.17, 15) is 0 Å². The van der Waals surface area contributed by atoms with Gasteiger partial charge in [0.25, 0.3) is 0 Å². The Bertz CT molecular complexity index is 228. The van der Waals surface area contributed by atoms with Crippen LogP contribution in [-0.4, -0.2) is 61.2 Å². The summed E-state index contributed by atoms with van der Waals surface area (Å²) in [5, 5.41) is 3.68. The van der Waals surface area contributed by atoms with Crippen molar-refractivity contribution in [1.29, 1.82) is 0 Å². The van der Waals surface area contributed by atoms with E-state index in [1.54, 1.807) is 0 Å². The van der Waals surface area contributed by atoms with E-state index in [0.717, 1.165) is 12.6 Å². The van der Waals surface area contributed by atoms with Gasteiger partial charge in [-0.2, -0.15) is 0 Å². The van der Waals surface area contributed by atoms with Gasteiger partial charge < -0.3 is 10.2 Å². The van der Waals surface area contributed by atoms with Gasteiger partial charge in [0.2, 0.25) is 0 Å². The molecule has 3 nitrogen and oxygen atoms in total. The molecule has 1 heterocycles. The lowest BCUT2D eigenvalue weighted by Gasteiger charge is -2.32. The van der Waals surface area contributed by atoms with Crippen LogP contribution in [0.25, 0.3) is 0 Å². The lowest BCUT2D eigenvalue weighted by Crippen LogP contribution is -2.46. The molecular formula is C15H33N3. The minimum absolute atomic E-state index is 0.282. The lowest BCUT2D eigenvalue weighted by molar-refractivity contribution is 0.178. The van der Waals surface area contributed by atoms with Crippen LogP contribution in [-0.2, 0) is 0 Å². The molecule has 1 saturated heterocycles. The highest BCUT2D eigenvalue weighted by atomic mass is 15.2. The fourth-order valence-corrected chi connectivity index (χ4v) is 2.64. The lowest BCUT2D eigenvalue weighted by atomic mass is 10.0. The Morgan fingerprint density at radius 2 is 1.94 bits per heavy atom. The Hall–Kier alpha value is -0.120. The van der Waals surface area contributed by atoms with Crippen molar-refractivity contribution in [1.82, 2.24) is 15.1 Å². The van der Waals surface area contributed by atoms with Gasteiger partial charge in [-0.3, -0.25) is 4.90 Å². The van der Waals surface area contributed by atoms with E-state index < -0.39 is 0 Å². The summed E-state index contributed by atoms with van der Waals surface area (Å²) in [7, 11) is 2.25. The second-order valence-electron chi connectivity index (χ2n) is 6.38. The van der Waals surface area contributed by atoms with Crippen molar-refractivity contribution >= 4 is 0 Å². The molecule has 1 unspecified atom stereocenters. The summed E-state index contributed by atoms with van der Waals surface area (Å²) < 4.78 is 0. The molecule has 18 heavy (non-hydrogen) atoms. The van der Waals surface area contributed by atoms with E-state index in [1.165, 1.54) is 45.4 Å². The molecule has 0 saturated carbocycles. The standard InChI is InChI=1S/C15H33N3/c1-6-14-13-17(5)10-8-11-18(14)12-9-16-15(3,4)7-2/h14,16H,6-13H2,1-5H3. The Morgan fingerprint density at radius 3 is 2.56 bits per heavy atom. The third-order valence-corrected chi connectivity index (χ3v) is 4.38. The van der Waals surface area contributed by atoms with Crippen LogP contribution in [0.15, 0.2) is 0 Å². The van der Waals surface area contributed by atoms with Crippen LogP contribution in [0.3, 0.4) is 0 Å². The van der Waals surface area contributed by atoms with E-state index in [4.69, 9.17) is 0 Å². The minimum atomic E-state index is 0.282. The predicted molar refractivity (Wildman–Crippen MR) is 80.1 cm³/mol. The first-order chi connectivity index (χ1) is 8.48. The second-order valence-corrected chi connectivity index (χ2v) is 6.38. The van der Waals surface area contributed by atoms with Gasteiger partial charge in [0.1, 0.15) is 0 Å². The van der Waals surface area contributed by atoms with Crippen LogP contribution >= 0.6 is 0 Å². The van der Waals surface area contributed by atoms with E-state index in [1.807, 2.05) is 0 Å². The molecule has 0 aromatic heterocycles. The number of nitrogens with one attached hydrogen (secondary N) is 1. The molecule has 0 bridgehead atoms. The quantitative estimate of drug-likeness (QED) is 0.785. The third-order valence-electron chi connectivity index (χ3n) is 4.38. The summed E-state index contributed by atoms with van der Waals surface area (Å²) in [5.74, 6) is 0. The SMILES string of the molecule is CCC1CN(C)CCCN1CCNC(C)(C)CC. The molecule has 108 valence electrons. The van der Waals surface area contributed by atoms with E-state index >= 15 is 0 Å². The van der Waals surface area contributed by atoms with Gasteiger partial charge in [0.15, 0.2) is 0 Å². The second kappa shape index (κ2) is 7.46. The maximum absolute atomic E-state index is 3.68. The molecular weight excluding hydrogens is 222 g/mol. The molecule has 0 radical (unpaired) electrons. The summed E-state index contributed by atoms with van der Waals surface area (Å²) in [4.78, 5) is 5.17. The smallest absolute Gasteiger partial charge is 0.0220 e. The largest absolute Gasteiger partial charge is 0.311 e. The van der Waals surface area contributed by atoms with Gasteiger partial charge in [-0.15, -0.1) is 0 Å². The Morgan fingerprint density at radius 1 is 1.22 bits per heavy atom. The highest BCUT2D eigenvalue weighted by molar-refractivity contribution is 4.80. The average Bonchev–Trinajstić information content (AvgIpc) is 2.51. The van der Waals surface area contributed by atoms with Crippen LogP contribution in [0.2, 0.25) is 0 Å². The fourth-order valence-electron chi connectivity index (χ4n) is 2.64. The van der Waals surface area contributed by atoms with Gasteiger partial charge in [-0.25, -0.2) is 0 Å². The van der Waals surface area contributed by atoms with E-state index in [0.29, 0.717) is 0 Å². The van der Waals surface area contributed by atoms with E-state index in [-0.39, 0.29) is 5.54 Å². The molecule has 0 spiro atoms. The molecule has 1 aliphatic rings. The maximum Gasteiger partial charge on any atom is 0.0220 e. The Balaban J connectivity index is 2.39. The summed E-state index contributed by atoms with van der Waals surface area (Å²) in [6, 6.07) is 0.740. The summed E-state index contributed by atoms with van der Waals surface area (Å²) in [6.45, 7) is 15.2. The zero-order valence-electron chi connectivity index (χ0n) is 13.1. The number of hydrogen-bond acceptors (Lipinski definition) is 3. The van der Waals surface area contributed by atoms with Gasteiger partial charge >= 0.3 is 0 Å². The molecule has 1 fully saturated rings. The number of nitrogens with zero attached hydrogens (tertiary/aromatic N) is 2. The molecule has 0 amide bonds. The first-order valence-corrected chi connectivity index (χ1v) is 7.66. The van der Waals surface area contributed by atoms with Gasteiger partial charge in [0.05, 0.1) is 0 Å². The summed E-state index contributed by atoms with van der Waals surface area (Å²) in [5.41, 5.74) is 0.282. The van der Waals surface area contributed by atoms with Crippen LogP contribution in [0, 0.1) is 0 Å². The van der Waals surface area contributed by atoms with Crippen molar-refractivity contribution in [3.05, 3.63) is 0 Å². The van der Waals surface area contributed by atoms with Crippen LogP contribution in [0.5, 0.6) is 0 Å². The molecule has 1 N–H and O–H groups in total. The Labute approximate surface area is 114 Å². The monoisotopic (exact) mass is 255 g/mol. The topological polar surface area (TPSA) is 18.5 Å². The first-order valence-electron chi connectivity index (χ1n) is 7.66. The fraction of sp³-hybridized carbons (Fsp3) is 1.00. The van der Waals surface area contributed by atoms with E-state index in [2.05, 4.69) is 49.9 Å².